The molecule has 134 valence electrons. The first-order valence-electron chi connectivity index (χ1n) is 8.81. The van der Waals surface area contributed by atoms with Crippen LogP contribution in [0.1, 0.15) is 43.0 Å². The molecular weight excluding hydrogens is 310 g/mol. The number of nitrogens with two attached hydrogens (primary N) is 1. The molecular formula is C21H29N3O. The zero-order valence-electron chi connectivity index (χ0n) is 15.4. The van der Waals surface area contributed by atoms with Crippen LogP contribution >= 0.6 is 0 Å². The average molecular weight is 339 g/mol. The van der Waals surface area contributed by atoms with Gasteiger partial charge in [0.2, 0.25) is 5.91 Å². The molecule has 0 aliphatic heterocycles. The highest BCUT2D eigenvalue weighted by Gasteiger charge is 2.11. The maximum atomic E-state index is 12.2. The largest absolute Gasteiger partial charge is 0.352 e. The van der Waals surface area contributed by atoms with Crippen molar-refractivity contribution in [3.8, 4) is 0 Å². The standard InChI is InChI=1S/C21H29N3O/c1-16(2)24(3)15-18-9-7-8-17(12-18)14-23-21(25)13-20(22)19-10-5-4-6-11-19/h4-12,16,20H,13-15,22H2,1-3H3,(H,23,25). The summed E-state index contributed by atoms with van der Waals surface area (Å²) in [6.07, 6.45) is 0.291. The molecule has 0 aliphatic rings. The summed E-state index contributed by atoms with van der Waals surface area (Å²) in [5.74, 6) is -0.0268. The number of hydrogen-bond donors (Lipinski definition) is 2. The second-order valence-electron chi connectivity index (χ2n) is 6.83. The van der Waals surface area contributed by atoms with E-state index in [2.05, 4.69) is 43.2 Å². The predicted octanol–water partition coefficient (Wildman–Crippen LogP) is 3.23. The van der Waals surface area contributed by atoms with E-state index in [1.165, 1.54) is 5.56 Å². The average Bonchev–Trinajstić information content (AvgIpc) is 2.61. The third-order valence-corrected chi connectivity index (χ3v) is 4.43. The summed E-state index contributed by atoms with van der Waals surface area (Å²) in [6.45, 7) is 5.79. The summed E-state index contributed by atoms with van der Waals surface area (Å²) in [5, 5.41) is 2.97. The SMILES string of the molecule is CC(C)N(C)Cc1cccc(CNC(=O)CC(N)c2ccccc2)c1. The van der Waals surface area contributed by atoms with E-state index >= 15 is 0 Å². The Morgan fingerprint density at radius 2 is 1.76 bits per heavy atom. The second-order valence-corrected chi connectivity index (χ2v) is 6.83. The Balaban J connectivity index is 1.85. The quantitative estimate of drug-likeness (QED) is 0.776. The van der Waals surface area contributed by atoms with Gasteiger partial charge in [-0.25, -0.2) is 0 Å². The van der Waals surface area contributed by atoms with Gasteiger partial charge in [-0.1, -0.05) is 54.6 Å². The summed E-state index contributed by atoms with van der Waals surface area (Å²) < 4.78 is 0. The molecule has 2 rings (SSSR count). The van der Waals surface area contributed by atoms with Crippen molar-refractivity contribution < 1.29 is 4.79 Å². The number of benzene rings is 2. The molecule has 0 spiro atoms. The molecule has 0 aromatic heterocycles. The maximum absolute atomic E-state index is 12.2. The highest BCUT2D eigenvalue weighted by molar-refractivity contribution is 5.76. The highest BCUT2D eigenvalue weighted by atomic mass is 16.1. The number of rotatable bonds is 8. The fraction of sp³-hybridized carbons (Fsp3) is 0.381. The fourth-order valence-electron chi connectivity index (χ4n) is 2.60. The lowest BCUT2D eigenvalue weighted by Crippen LogP contribution is -2.27. The number of carbonyl (C=O) groups is 1. The fourth-order valence-corrected chi connectivity index (χ4v) is 2.60. The van der Waals surface area contributed by atoms with Crippen LogP contribution in [0.25, 0.3) is 0 Å². The first-order valence-corrected chi connectivity index (χ1v) is 8.81. The van der Waals surface area contributed by atoms with Crippen LogP contribution in [0.5, 0.6) is 0 Å². The van der Waals surface area contributed by atoms with Gasteiger partial charge in [-0.15, -0.1) is 0 Å². The van der Waals surface area contributed by atoms with Crippen LogP contribution in [-0.4, -0.2) is 23.9 Å². The Hall–Kier alpha value is -2.17. The van der Waals surface area contributed by atoms with Crippen LogP contribution in [0.4, 0.5) is 0 Å². The van der Waals surface area contributed by atoms with Gasteiger partial charge in [0.25, 0.3) is 0 Å². The van der Waals surface area contributed by atoms with Gasteiger partial charge in [0.1, 0.15) is 0 Å². The minimum Gasteiger partial charge on any atom is -0.352 e. The number of amides is 1. The minimum atomic E-state index is -0.271. The lowest BCUT2D eigenvalue weighted by molar-refractivity contribution is -0.121. The summed E-state index contributed by atoms with van der Waals surface area (Å²) in [4.78, 5) is 14.4. The van der Waals surface area contributed by atoms with E-state index in [0.717, 1.165) is 17.7 Å². The zero-order chi connectivity index (χ0) is 18.2. The molecule has 2 aromatic carbocycles. The van der Waals surface area contributed by atoms with Crippen LogP contribution in [-0.2, 0) is 17.9 Å². The normalized spacial score (nSPS) is 12.4. The minimum absolute atomic E-state index is 0.0268. The van der Waals surface area contributed by atoms with E-state index in [1.54, 1.807) is 0 Å². The predicted molar refractivity (Wildman–Crippen MR) is 103 cm³/mol. The number of carbonyl (C=O) groups excluding carboxylic acids is 1. The van der Waals surface area contributed by atoms with Crippen molar-refractivity contribution in [1.82, 2.24) is 10.2 Å². The van der Waals surface area contributed by atoms with Gasteiger partial charge in [0, 0.05) is 31.6 Å². The summed E-state index contributed by atoms with van der Waals surface area (Å²) in [6, 6.07) is 18.3. The van der Waals surface area contributed by atoms with Gasteiger partial charge >= 0.3 is 0 Å². The molecule has 0 aliphatic carbocycles. The van der Waals surface area contributed by atoms with E-state index in [0.29, 0.717) is 19.0 Å². The molecule has 0 bridgehead atoms. The van der Waals surface area contributed by atoms with Crippen molar-refractivity contribution in [3.05, 3.63) is 71.3 Å². The summed E-state index contributed by atoms with van der Waals surface area (Å²) in [5.41, 5.74) is 9.45. The van der Waals surface area contributed by atoms with Crippen LogP contribution in [0.3, 0.4) is 0 Å². The number of nitrogens with one attached hydrogen (secondary N) is 1. The monoisotopic (exact) mass is 339 g/mol. The van der Waals surface area contributed by atoms with Crippen molar-refractivity contribution in [2.75, 3.05) is 7.05 Å². The molecule has 4 nitrogen and oxygen atoms in total. The van der Waals surface area contributed by atoms with Crippen molar-refractivity contribution in [3.63, 3.8) is 0 Å². The van der Waals surface area contributed by atoms with Crippen molar-refractivity contribution >= 4 is 5.91 Å². The van der Waals surface area contributed by atoms with E-state index in [-0.39, 0.29) is 11.9 Å². The van der Waals surface area contributed by atoms with E-state index < -0.39 is 0 Å². The lowest BCUT2D eigenvalue weighted by atomic mass is 10.0. The number of nitrogens with zero attached hydrogens (tertiary/aromatic N) is 1. The Bertz CT molecular complexity index is 670. The van der Waals surface area contributed by atoms with Gasteiger partial charge in [-0.2, -0.15) is 0 Å². The smallest absolute Gasteiger partial charge is 0.222 e. The Morgan fingerprint density at radius 3 is 2.44 bits per heavy atom. The van der Waals surface area contributed by atoms with Crippen LogP contribution in [0, 0.1) is 0 Å². The highest BCUT2D eigenvalue weighted by Crippen LogP contribution is 2.13. The molecule has 0 fully saturated rings. The molecule has 1 amide bonds. The Morgan fingerprint density at radius 1 is 1.08 bits per heavy atom. The third kappa shape index (κ3) is 6.33. The van der Waals surface area contributed by atoms with E-state index in [1.807, 2.05) is 42.5 Å². The summed E-state index contributed by atoms with van der Waals surface area (Å²) >= 11 is 0. The molecule has 4 heteroatoms. The third-order valence-electron chi connectivity index (χ3n) is 4.43. The molecule has 0 saturated carbocycles. The van der Waals surface area contributed by atoms with Gasteiger partial charge in [-0.05, 0) is 37.6 Å². The molecule has 0 radical (unpaired) electrons. The van der Waals surface area contributed by atoms with Gasteiger partial charge in [-0.3, -0.25) is 9.69 Å². The number of hydrogen-bond acceptors (Lipinski definition) is 3. The first-order chi connectivity index (χ1) is 12.0. The summed E-state index contributed by atoms with van der Waals surface area (Å²) in [7, 11) is 2.12. The van der Waals surface area contributed by atoms with Crippen molar-refractivity contribution in [1.29, 1.82) is 0 Å². The van der Waals surface area contributed by atoms with Crippen molar-refractivity contribution in [2.24, 2.45) is 5.73 Å². The molecule has 1 unspecified atom stereocenters. The molecule has 3 N–H and O–H groups in total. The van der Waals surface area contributed by atoms with Gasteiger partial charge < -0.3 is 11.1 Å². The maximum Gasteiger partial charge on any atom is 0.222 e. The van der Waals surface area contributed by atoms with Crippen LogP contribution in [0.2, 0.25) is 0 Å². The molecule has 25 heavy (non-hydrogen) atoms. The van der Waals surface area contributed by atoms with E-state index in [9.17, 15) is 4.79 Å². The Kier molecular flexibility index (Phi) is 7.16. The van der Waals surface area contributed by atoms with Gasteiger partial charge in [0.05, 0.1) is 0 Å². The van der Waals surface area contributed by atoms with Crippen molar-refractivity contribution in [2.45, 2.75) is 45.4 Å². The first kappa shape index (κ1) is 19.2. The molecule has 1 atom stereocenters. The van der Waals surface area contributed by atoms with Crippen LogP contribution in [0.15, 0.2) is 54.6 Å². The topological polar surface area (TPSA) is 58.4 Å². The van der Waals surface area contributed by atoms with E-state index in [4.69, 9.17) is 5.73 Å². The Labute approximate surface area is 151 Å². The zero-order valence-corrected chi connectivity index (χ0v) is 15.4. The molecule has 0 heterocycles. The van der Waals surface area contributed by atoms with Gasteiger partial charge in [0.15, 0.2) is 0 Å². The molecule has 0 saturated heterocycles. The van der Waals surface area contributed by atoms with Crippen LogP contribution < -0.4 is 11.1 Å². The molecule has 2 aromatic rings. The second kappa shape index (κ2) is 9.35. The lowest BCUT2D eigenvalue weighted by Gasteiger charge is -2.21.